The van der Waals surface area contributed by atoms with Gasteiger partial charge in [0.2, 0.25) is 5.91 Å². The molecule has 1 fully saturated rings. The van der Waals surface area contributed by atoms with Gasteiger partial charge in [-0.1, -0.05) is 35.3 Å². The van der Waals surface area contributed by atoms with Crippen molar-refractivity contribution < 1.29 is 14.3 Å². The number of halogens is 2. The molecule has 0 aromatic heterocycles. The zero-order valence-electron chi connectivity index (χ0n) is 17.1. The fraction of sp³-hybridized carbons (Fsp3) is 0.286. The molecule has 1 aliphatic heterocycles. The number of methoxy groups -OCH3 is 1. The second-order valence-corrected chi connectivity index (χ2v) is 8.14. The number of anilines is 2. The zero-order valence-corrected chi connectivity index (χ0v) is 19.4. The van der Waals surface area contributed by atoms with Gasteiger partial charge < -0.3 is 19.9 Å². The number of benzene rings is 2. The number of para-hydroxylation sites is 2. The van der Waals surface area contributed by atoms with Gasteiger partial charge in [0.25, 0.3) is 5.91 Å². The molecule has 0 unspecified atom stereocenters. The SMILES string of the molecule is COc1c(Cl)cc(Cl)cc1C(=O)NC(=S)Nc1ccccc1N1CCN(C(C)=O)CC1. The average molecular weight is 481 g/mol. The zero-order chi connectivity index (χ0) is 22.5. The topological polar surface area (TPSA) is 73.9 Å². The van der Waals surface area contributed by atoms with Crippen LogP contribution in [0.1, 0.15) is 17.3 Å². The third kappa shape index (κ3) is 5.58. The molecule has 1 aliphatic rings. The maximum Gasteiger partial charge on any atom is 0.261 e. The van der Waals surface area contributed by atoms with Gasteiger partial charge in [-0.3, -0.25) is 14.9 Å². The number of amides is 2. The molecule has 2 aromatic carbocycles. The van der Waals surface area contributed by atoms with Crippen molar-refractivity contribution in [3.63, 3.8) is 0 Å². The first kappa shape index (κ1) is 23.1. The predicted octanol–water partition coefficient (Wildman–Crippen LogP) is 3.80. The molecular formula is C21H22Cl2N4O3S. The van der Waals surface area contributed by atoms with Gasteiger partial charge in [0.05, 0.1) is 29.1 Å². The third-order valence-electron chi connectivity index (χ3n) is 4.90. The number of thiocarbonyl (C=S) groups is 1. The lowest BCUT2D eigenvalue weighted by Crippen LogP contribution is -2.48. The van der Waals surface area contributed by atoms with Crippen LogP contribution in [0.25, 0.3) is 0 Å². The minimum absolute atomic E-state index is 0.0755. The van der Waals surface area contributed by atoms with E-state index in [9.17, 15) is 9.59 Å². The van der Waals surface area contributed by atoms with Crippen LogP contribution < -0.4 is 20.3 Å². The van der Waals surface area contributed by atoms with E-state index in [1.165, 1.54) is 19.2 Å². The first-order chi connectivity index (χ1) is 14.8. The summed E-state index contributed by atoms with van der Waals surface area (Å²) in [6.07, 6.45) is 0. The van der Waals surface area contributed by atoms with Gasteiger partial charge in [-0.05, 0) is 36.5 Å². The second kappa shape index (κ2) is 10.2. The number of piperazine rings is 1. The maximum absolute atomic E-state index is 12.7. The summed E-state index contributed by atoms with van der Waals surface area (Å²) in [7, 11) is 1.42. The first-order valence-corrected chi connectivity index (χ1v) is 10.7. The van der Waals surface area contributed by atoms with Crippen LogP contribution in [0.15, 0.2) is 36.4 Å². The molecule has 3 rings (SSSR count). The standard InChI is InChI=1S/C21H22Cl2N4O3S/c1-13(28)26-7-9-27(10-8-26)18-6-4-3-5-17(18)24-21(31)25-20(29)15-11-14(22)12-16(23)19(15)30-2/h3-6,11-12H,7-10H2,1-2H3,(H2,24,25,29,31). The van der Waals surface area contributed by atoms with Crippen molar-refractivity contribution in [2.24, 2.45) is 0 Å². The van der Waals surface area contributed by atoms with Crippen LogP contribution in [-0.4, -0.2) is 55.1 Å². The highest BCUT2D eigenvalue weighted by Gasteiger charge is 2.22. The number of hydrogen-bond donors (Lipinski definition) is 2. The lowest BCUT2D eigenvalue weighted by molar-refractivity contribution is -0.129. The summed E-state index contributed by atoms with van der Waals surface area (Å²) < 4.78 is 5.23. The van der Waals surface area contributed by atoms with Crippen LogP contribution in [0, 0.1) is 0 Å². The van der Waals surface area contributed by atoms with E-state index >= 15 is 0 Å². The fourth-order valence-corrected chi connectivity index (χ4v) is 4.15. The van der Waals surface area contributed by atoms with E-state index < -0.39 is 5.91 Å². The third-order valence-corrected chi connectivity index (χ3v) is 5.61. The summed E-state index contributed by atoms with van der Waals surface area (Å²) in [5.74, 6) is -0.201. The van der Waals surface area contributed by atoms with E-state index in [2.05, 4.69) is 15.5 Å². The van der Waals surface area contributed by atoms with E-state index in [0.717, 1.165) is 11.4 Å². The molecular weight excluding hydrogens is 459 g/mol. The Morgan fingerprint density at radius 3 is 2.42 bits per heavy atom. The number of carbonyl (C=O) groups excluding carboxylic acids is 2. The minimum atomic E-state index is -0.494. The molecule has 2 N–H and O–H groups in total. The summed E-state index contributed by atoms with van der Waals surface area (Å²) in [6.45, 7) is 4.29. The van der Waals surface area contributed by atoms with Gasteiger partial charge >= 0.3 is 0 Å². The highest BCUT2D eigenvalue weighted by atomic mass is 35.5. The summed E-state index contributed by atoms with van der Waals surface area (Å²) in [6, 6.07) is 10.6. The van der Waals surface area contributed by atoms with Crippen molar-refractivity contribution in [1.29, 1.82) is 0 Å². The number of rotatable bonds is 4. The summed E-state index contributed by atoms with van der Waals surface area (Å²) in [5.41, 5.74) is 1.86. The van der Waals surface area contributed by atoms with Crippen LogP contribution in [0.3, 0.4) is 0 Å². The molecule has 0 atom stereocenters. The van der Waals surface area contributed by atoms with E-state index in [1.807, 2.05) is 29.2 Å². The molecule has 31 heavy (non-hydrogen) atoms. The Kier molecular flexibility index (Phi) is 7.59. The number of hydrogen-bond acceptors (Lipinski definition) is 5. The average Bonchev–Trinajstić information content (AvgIpc) is 2.73. The smallest absolute Gasteiger partial charge is 0.261 e. The van der Waals surface area contributed by atoms with Crippen LogP contribution in [0.4, 0.5) is 11.4 Å². The largest absolute Gasteiger partial charge is 0.494 e. The molecule has 1 saturated heterocycles. The van der Waals surface area contributed by atoms with Crippen molar-refractivity contribution in [3.8, 4) is 5.75 Å². The number of nitrogens with zero attached hydrogens (tertiary/aromatic N) is 2. The van der Waals surface area contributed by atoms with Gasteiger partial charge in [-0.25, -0.2) is 0 Å². The first-order valence-electron chi connectivity index (χ1n) is 9.55. The monoisotopic (exact) mass is 480 g/mol. The molecule has 2 amide bonds. The maximum atomic E-state index is 12.7. The van der Waals surface area contributed by atoms with Crippen LogP contribution in [0.2, 0.25) is 10.0 Å². The normalized spacial score (nSPS) is 13.5. The lowest BCUT2D eigenvalue weighted by Gasteiger charge is -2.36. The fourth-order valence-electron chi connectivity index (χ4n) is 3.38. The molecule has 1 heterocycles. The van der Waals surface area contributed by atoms with Gasteiger partial charge in [0, 0.05) is 38.1 Å². The van der Waals surface area contributed by atoms with Gasteiger partial charge in [-0.2, -0.15) is 0 Å². The molecule has 0 saturated carbocycles. The Morgan fingerprint density at radius 1 is 1.10 bits per heavy atom. The van der Waals surface area contributed by atoms with Crippen LogP contribution >= 0.6 is 35.4 Å². The quantitative estimate of drug-likeness (QED) is 0.648. The molecule has 0 spiro atoms. The van der Waals surface area contributed by atoms with Crippen LogP contribution in [0.5, 0.6) is 5.75 Å². The van der Waals surface area contributed by atoms with E-state index in [1.54, 1.807) is 6.92 Å². The number of nitrogens with one attached hydrogen (secondary N) is 2. The highest BCUT2D eigenvalue weighted by molar-refractivity contribution is 7.80. The van der Waals surface area contributed by atoms with E-state index in [-0.39, 0.29) is 27.4 Å². The highest BCUT2D eigenvalue weighted by Crippen LogP contribution is 2.32. The van der Waals surface area contributed by atoms with Gasteiger partial charge in [0.1, 0.15) is 5.75 Å². The summed E-state index contributed by atoms with van der Waals surface area (Å²) >= 11 is 17.5. The molecule has 0 radical (unpaired) electrons. The summed E-state index contributed by atoms with van der Waals surface area (Å²) in [4.78, 5) is 28.3. The van der Waals surface area contributed by atoms with Gasteiger partial charge in [-0.15, -0.1) is 0 Å². The molecule has 10 heteroatoms. The van der Waals surface area contributed by atoms with Crippen molar-refractivity contribution in [3.05, 3.63) is 52.0 Å². The van der Waals surface area contributed by atoms with Crippen molar-refractivity contribution in [1.82, 2.24) is 10.2 Å². The second-order valence-electron chi connectivity index (χ2n) is 6.89. The molecule has 0 aliphatic carbocycles. The van der Waals surface area contributed by atoms with Crippen molar-refractivity contribution in [2.45, 2.75) is 6.92 Å². The number of carbonyl (C=O) groups is 2. The molecule has 0 bridgehead atoms. The molecule has 7 nitrogen and oxygen atoms in total. The Balaban J connectivity index is 1.71. The Labute approximate surface area is 196 Å². The number of ether oxygens (including phenoxy) is 1. The van der Waals surface area contributed by atoms with Crippen molar-refractivity contribution in [2.75, 3.05) is 43.5 Å². The summed E-state index contributed by atoms with van der Waals surface area (Å²) in [5, 5.41) is 6.38. The van der Waals surface area contributed by atoms with Crippen molar-refractivity contribution >= 4 is 63.7 Å². The molecule has 2 aromatic rings. The Morgan fingerprint density at radius 2 is 1.77 bits per heavy atom. The molecule has 164 valence electrons. The van der Waals surface area contributed by atoms with Crippen LogP contribution in [-0.2, 0) is 4.79 Å². The van der Waals surface area contributed by atoms with E-state index in [0.29, 0.717) is 31.2 Å². The minimum Gasteiger partial charge on any atom is -0.494 e. The van der Waals surface area contributed by atoms with E-state index in [4.69, 9.17) is 40.2 Å². The predicted molar refractivity (Wildman–Crippen MR) is 128 cm³/mol. The Hall–Kier alpha value is -2.55. The Bertz CT molecular complexity index is 1010. The van der Waals surface area contributed by atoms with Gasteiger partial charge in [0.15, 0.2) is 5.11 Å². The lowest BCUT2D eigenvalue weighted by atomic mass is 10.2.